The first-order chi connectivity index (χ1) is 23.5. The van der Waals surface area contributed by atoms with Gasteiger partial charge in [0.2, 0.25) is 10.0 Å². The Bertz CT molecular complexity index is 1940. The molecule has 270 valence electrons. The van der Waals surface area contributed by atoms with Gasteiger partial charge in [-0.15, -0.1) is 0 Å². The van der Waals surface area contributed by atoms with Gasteiger partial charge in [0, 0.05) is 54.6 Å². The van der Waals surface area contributed by atoms with E-state index in [4.69, 9.17) is 32.9 Å². The summed E-state index contributed by atoms with van der Waals surface area (Å²) in [6.07, 6.45) is 1.21. The third-order valence-electron chi connectivity index (χ3n) is 8.36. The molecule has 0 bridgehead atoms. The van der Waals surface area contributed by atoms with Gasteiger partial charge in [-0.2, -0.15) is 0 Å². The first-order valence-electron chi connectivity index (χ1n) is 16.3. The molecule has 2 heterocycles. The third-order valence-corrected chi connectivity index (χ3v) is 11.5. The maximum Gasteiger partial charge on any atom is 0.326 e. The van der Waals surface area contributed by atoms with Crippen molar-refractivity contribution in [3.63, 3.8) is 0 Å². The molecule has 3 aromatic carbocycles. The van der Waals surface area contributed by atoms with E-state index in [1.54, 1.807) is 60.9 Å². The van der Waals surface area contributed by atoms with E-state index in [0.29, 0.717) is 54.1 Å². The number of ether oxygens (including phenoxy) is 1. The average molecular weight is 765 g/mol. The van der Waals surface area contributed by atoms with E-state index in [2.05, 4.69) is 4.72 Å². The van der Waals surface area contributed by atoms with E-state index in [1.807, 2.05) is 36.1 Å². The summed E-state index contributed by atoms with van der Waals surface area (Å²) in [6, 6.07) is 17.5. The molecule has 0 spiro atoms. The Hall–Kier alpha value is -3.20. The van der Waals surface area contributed by atoms with Crippen LogP contribution in [0.4, 0.5) is 4.79 Å². The highest BCUT2D eigenvalue weighted by Gasteiger charge is 2.45. The fraction of sp³-hybridized carbons (Fsp3) is 0.429. The summed E-state index contributed by atoms with van der Waals surface area (Å²) in [6.45, 7) is 9.46. The minimum Gasteiger partial charge on any atom is -0.493 e. The number of piperazine rings is 1. The second-order valence-electron chi connectivity index (χ2n) is 13.5. The Morgan fingerprint density at radius 2 is 1.48 bits per heavy atom. The highest BCUT2D eigenvalue weighted by molar-refractivity contribution is 7.90. The van der Waals surface area contributed by atoms with Crippen molar-refractivity contribution < 1.29 is 26.4 Å². The normalized spacial score (nSPS) is 19.1. The molecule has 2 amide bonds. The summed E-state index contributed by atoms with van der Waals surface area (Å²) >= 11 is 12.6. The number of sulfone groups is 1. The van der Waals surface area contributed by atoms with Gasteiger partial charge in [0.1, 0.15) is 27.5 Å². The molecule has 11 nitrogen and oxygen atoms in total. The van der Waals surface area contributed by atoms with Crippen molar-refractivity contribution in [2.24, 2.45) is 4.99 Å². The van der Waals surface area contributed by atoms with Crippen LogP contribution in [0.3, 0.4) is 0 Å². The molecule has 1 fully saturated rings. The number of nitrogens with one attached hydrogen (secondary N) is 1. The molecule has 50 heavy (non-hydrogen) atoms. The maximum absolute atomic E-state index is 14.9. The third kappa shape index (κ3) is 9.17. The van der Waals surface area contributed by atoms with Crippen molar-refractivity contribution in [2.45, 2.75) is 50.2 Å². The number of amides is 2. The lowest BCUT2D eigenvalue weighted by Crippen LogP contribution is -2.54. The second-order valence-corrected chi connectivity index (χ2v) is 18.3. The number of hydrogen-bond donors (Lipinski definition) is 1. The largest absolute Gasteiger partial charge is 0.493 e. The van der Waals surface area contributed by atoms with E-state index in [0.717, 1.165) is 11.1 Å². The highest BCUT2D eigenvalue weighted by Crippen LogP contribution is 2.45. The van der Waals surface area contributed by atoms with E-state index in [-0.39, 0.29) is 29.1 Å². The van der Waals surface area contributed by atoms with Gasteiger partial charge in [0.25, 0.3) is 0 Å². The molecule has 0 saturated carbocycles. The van der Waals surface area contributed by atoms with E-state index in [1.165, 1.54) is 18.4 Å². The molecule has 15 heteroatoms. The topological polar surface area (TPSA) is 129 Å². The number of hydrogen-bond acceptors (Lipinski definition) is 8. The van der Waals surface area contributed by atoms with Gasteiger partial charge in [-0.1, -0.05) is 47.5 Å². The van der Waals surface area contributed by atoms with Crippen LogP contribution in [0, 0.1) is 0 Å². The fourth-order valence-corrected chi connectivity index (χ4v) is 8.34. The number of amidine groups is 1. The summed E-state index contributed by atoms with van der Waals surface area (Å²) in [5.74, 6) is 0.663. The van der Waals surface area contributed by atoms with Crippen molar-refractivity contribution in [3.8, 4) is 5.75 Å². The Morgan fingerprint density at radius 1 is 0.900 bits per heavy atom. The minimum atomic E-state index is -3.98. The van der Waals surface area contributed by atoms with Crippen molar-refractivity contribution in [2.75, 3.05) is 51.3 Å². The molecule has 0 radical (unpaired) electrons. The van der Waals surface area contributed by atoms with E-state index < -0.39 is 37.5 Å². The smallest absolute Gasteiger partial charge is 0.326 e. The molecular weight excluding hydrogens is 721 g/mol. The molecule has 0 unspecified atom stereocenters. The van der Waals surface area contributed by atoms with Gasteiger partial charge in [0.05, 0.1) is 28.9 Å². The summed E-state index contributed by atoms with van der Waals surface area (Å²) in [5.41, 5.74) is 1.17. The standard InChI is InChI=1S/C35H43Cl2N5O6S2/c1-6-48-30-16-15-28(50(46,47)39-35(2,3)4)23-29(30)33-38-31(24-7-11-26(36)12-8-24)32(25-9-13-27(37)14-10-25)42(33)34(43)41-19-17-40(18-20-41)21-22-49(5,44)45/h7-16,23,31-32,39H,6,17-22H2,1-5H3/t31-,32+/m0/s1. The van der Waals surface area contributed by atoms with E-state index in [9.17, 15) is 21.6 Å². The molecule has 0 aromatic heterocycles. The predicted octanol–water partition coefficient (Wildman–Crippen LogP) is 5.80. The van der Waals surface area contributed by atoms with Gasteiger partial charge < -0.3 is 9.64 Å². The molecule has 1 saturated heterocycles. The molecule has 5 rings (SSSR count). The number of nitrogens with zero attached hydrogens (tertiary/aromatic N) is 4. The zero-order chi connectivity index (χ0) is 36.4. The van der Waals surface area contributed by atoms with Crippen LogP contribution in [0.15, 0.2) is 76.6 Å². The van der Waals surface area contributed by atoms with Crippen molar-refractivity contribution in [1.82, 2.24) is 19.4 Å². The molecule has 2 aliphatic rings. The number of aliphatic imine (C=N–C) groups is 1. The van der Waals surface area contributed by atoms with Gasteiger partial charge in [-0.25, -0.2) is 26.4 Å². The maximum atomic E-state index is 14.9. The van der Waals surface area contributed by atoms with Crippen LogP contribution in [0.5, 0.6) is 5.75 Å². The lowest BCUT2D eigenvalue weighted by Gasteiger charge is -2.39. The summed E-state index contributed by atoms with van der Waals surface area (Å²) in [7, 11) is -7.11. The van der Waals surface area contributed by atoms with Crippen LogP contribution in [0.1, 0.15) is 56.5 Å². The summed E-state index contributed by atoms with van der Waals surface area (Å²) in [4.78, 5) is 25.4. The van der Waals surface area contributed by atoms with Crippen LogP contribution in [0.2, 0.25) is 10.0 Å². The zero-order valence-electron chi connectivity index (χ0n) is 28.8. The van der Waals surface area contributed by atoms with E-state index >= 15 is 0 Å². The van der Waals surface area contributed by atoms with Gasteiger partial charge in [0.15, 0.2) is 0 Å². The second kappa shape index (κ2) is 15.2. The van der Waals surface area contributed by atoms with Crippen LogP contribution in [0.25, 0.3) is 0 Å². The Balaban J connectivity index is 1.65. The Morgan fingerprint density at radius 3 is 2.02 bits per heavy atom. The predicted molar refractivity (Wildman–Crippen MR) is 198 cm³/mol. The Labute approximate surface area is 305 Å². The number of rotatable bonds is 10. The lowest BCUT2D eigenvalue weighted by atomic mass is 9.93. The van der Waals surface area contributed by atoms with Crippen molar-refractivity contribution >= 4 is 54.9 Å². The average Bonchev–Trinajstić information content (AvgIpc) is 3.43. The molecular formula is C35H43Cl2N5O6S2. The monoisotopic (exact) mass is 763 g/mol. The van der Waals surface area contributed by atoms with Crippen molar-refractivity contribution in [1.29, 1.82) is 0 Å². The number of carbonyl (C=O) groups is 1. The zero-order valence-corrected chi connectivity index (χ0v) is 31.9. The molecule has 2 aliphatic heterocycles. The van der Waals surface area contributed by atoms with Crippen LogP contribution >= 0.6 is 23.2 Å². The lowest BCUT2D eigenvalue weighted by molar-refractivity contribution is 0.122. The van der Waals surface area contributed by atoms with Crippen LogP contribution in [-0.2, 0) is 19.9 Å². The van der Waals surface area contributed by atoms with Crippen LogP contribution < -0.4 is 9.46 Å². The number of halogens is 2. The van der Waals surface area contributed by atoms with Crippen molar-refractivity contribution in [3.05, 3.63) is 93.5 Å². The quantitative estimate of drug-likeness (QED) is 0.277. The molecule has 2 atom stereocenters. The van der Waals surface area contributed by atoms with Crippen LogP contribution in [-0.4, -0.2) is 100 Å². The molecule has 1 N–H and O–H groups in total. The highest BCUT2D eigenvalue weighted by atomic mass is 35.5. The molecule has 0 aliphatic carbocycles. The van der Waals surface area contributed by atoms with Gasteiger partial charge in [-0.05, 0) is 81.3 Å². The number of urea groups is 1. The first kappa shape index (κ1) is 38.0. The number of sulfonamides is 1. The summed E-state index contributed by atoms with van der Waals surface area (Å²) < 4.78 is 59.5. The SMILES string of the molecule is CCOc1ccc(S(=O)(=O)NC(C)(C)C)cc1C1=N[C@@H](c2ccc(Cl)cc2)[C@@H](c2ccc(Cl)cc2)N1C(=O)N1CCN(CCS(C)(=O)=O)CC1. The summed E-state index contributed by atoms with van der Waals surface area (Å²) in [5, 5.41) is 1.07. The number of benzene rings is 3. The Kier molecular flexibility index (Phi) is 11.6. The van der Waals surface area contributed by atoms with Gasteiger partial charge in [-0.3, -0.25) is 14.8 Å². The fourth-order valence-electron chi connectivity index (χ4n) is 6.06. The number of carbonyl (C=O) groups excluding carboxylic acids is 1. The molecule has 3 aromatic rings. The first-order valence-corrected chi connectivity index (χ1v) is 20.6. The van der Waals surface area contributed by atoms with Gasteiger partial charge >= 0.3 is 6.03 Å². The minimum absolute atomic E-state index is 0.00143.